The number of aromatic nitrogens is 4. The number of carbonyl (C=O) groups excluding carboxylic acids is 1. The molecule has 1 aliphatic heterocycles. The number of morpholine rings is 1. The van der Waals surface area contributed by atoms with Crippen molar-refractivity contribution >= 4 is 11.6 Å². The van der Waals surface area contributed by atoms with Gasteiger partial charge in [0.2, 0.25) is 5.91 Å². The van der Waals surface area contributed by atoms with Crippen LogP contribution in [0.15, 0.2) is 18.5 Å². The van der Waals surface area contributed by atoms with Crippen LogP contribution in [0.3, 0.4) is 0 Å². The van der Waals surface area contributed by atoms with E-state index in [1.165, 1.54) is 0 Å². The molecule has 3 rings (SSSR count). The minimum absolute atomic E-state index is 0.0302. The summed E-state index contributed by atoms with van der Waals surface area (Å²) in [6, 6.07) is 1.89. The van der Waals surface area contributed by atoms with E-state index in [-0.39, 0.29) is 12.0 Å². The maximum atomic E-state index is 12.3. The molecule has 3 heterocycles. The molecule has 2 aromatic rings. The molecule has 0 aliphatic carbocycles. The average molecular weight is 318 g/mol. The molecule has 1 amide bonds. The first-order valence-electron chi connectivity index (χ1n) is 7.74. The lowest BCUT2D eigenvalue weighted by atomic mass is 10.2. The smallest absolute Gasteiger partial charge is 0.238 e. The lowest BCUT2D eigenvalue weighted by Crippen LogP contribution is -2.47. The Bertz CT molecular complexity index is 631. The summed E-state index contributed by atoms with van der Waals surface area (Å²) in [4.78, 5) is 14.4. The molecule has 1 fully saturated rings. The number of aryl methyl sites for hydroxylation is 2. The molecule has 2 aromatic heterocycles. The molecule has 124 valence electrons. The van der Waals surface area contributed by atoms with Gasteiger partial charge in [0.25, 0.3) is 0 Å². The molecule has 23 heavy (non-hydrogen) atoms. The molecular weight excluding hydrogens is 296 g/mol. The summed E-state index contributed by atoms with van der Waals surface area (Å²) in [5, 5.41) is 14.1. The molecule has 0 radical (unpaired) electrons. The van der Waals surface area contributed by atoms with Gasteiger partial charge in [0, 0.05) is 25.5 Å². The molecule has 8 heteroatoms. The van der Waals surface area contributed by atoms with Gasteiger partial charge in [-0.1, -0.05) is 0 Å². The van der Waals surface area contributed by atoms with Crippen LogP contribution in [0.25, 0.3) is 0 Å². The Labute approximate surface area is 134 Å². The van der Waals surface area contributed by atoms with Crippen molar-refractivity contribution in [2.45, 2.75) is 26.5 Å². The zero-order valence-corrected chi connectivity index (χ0v) is 13.5. The summed E-state index contributed by atoms with van der Waals surface area (Å²) in [6.45, 7) is 6.92. The lowest BCUT2D eigenvalue weighted by molar-refractivity contribution is -0.119. The second-order valence-corrected chi connectivity index (χ2v) is 5.81. The van der Waals surface area contributed by atoms with Crippen molar-refractivity contribution in [2.24, 2.45) is 0 Å². The monoisotopic (exact) mass is 318 g/mol. The fraction of sp³-hybridized carbons (Fsp3) is 0.533. The maximum Gasteiger partial charge on any atom is 0.238 e. The van der Waals surface area contributed by atoms with Crippen LogP contribution in [-0.2, 0) is 16.1 Å². The number of H-pyrrole nitrogens is 1. The van der Waals surface area contributed by atoms with E-state index in [1.54, 1.807) is 6.20 Å². The third-order valence-corrected chi connectivity index (χ3v) is 3.93. The SMILES string of the molecule is Cc1n[nH]c(C)c1NC(=O)CN1CCO[C@@H](Cn2cccn2)C1. The Kier molecular flexibility index (Phi) is 4.73. The fourth-order valence-electron chi connectivity index (χ4n) is 2.77. The summed E-state index contributed by atoms with van der Waals surface area (Å²) in [6.07, 6.45) is 3.72. The van der Waals surface area contributed by atoms with E-state index in [2.05, 4.69) is 25.5 Å². The summed E-state index contributed by atoms with van der Waals surface area (Å²) in [5.74, 6) is -0.0302. The lowest BCUT2D eigenvalue weighted by Gasteiger charge is -2.32. The van der Waals surface area contributed by atoms with Crippen LogP contribution in [0, 0.1) is 13.8 Å². The van der Waals surface area contributed by atoms with E-state index in [9.17, 15) is 4.79 Å². The first-order valence-corrected chi connectivity index (χ1v) is 7.74. The highest BCUT2D eigenvalue weighted by Gasteiger charge is 2.23. The second-order valence-electron chi connectivity index (χ2n) is 5.81. The highest BCUT2D eigenvalue weighted by Crippen LogP contribution is 2.16. The van der Waals surface area contributed by atoms with Crippen LogP contribution >= 0.6 is 0 Å². The van der Waals surface area contributed by atoms with Crippen molar-refractivity contribution in [3.8, 4) is 0 Å². The Hall–Kier alpha value is -2.19. The Morgan fingerprint density at radius 1 is 1.52 bits per heavy atom. The van der Waals surface area contributed by atoms with Gasteiger partial charge in [-0.15, -0.1) is 0 Å². The standard InChI is InChI=1S/C15H22N6O2/c1-11-15(12(2)19-18-11)17-14(22)10-20-6-7-23-13(8-20)9-21-5-3-4-16-21/h3-5,13H,6-10H2,1-2H3,(H,17,22)(H,18,19)/t13-/m1/s1. The zero-order valence-electron chi connectivity index (χ0n) is 13.5. The number of carbonyl (C=O) groups is 1. The number of nitrogens with one attached hydrogen (secondary N) is 2. The van der Waals surface area contributed by atoms with E-state index >= 15 is 0 Å². The Morgan fingerprint density at radius 2 is 2.39 bits per heavy atom. The predicted octanol–water partition coefficient (Wildman–Crippen LogP) is 0.563. The highest BCUT2D eigenvalue weighted by atomic mass is 16.5. The van der Waals surface area contributed by atoms with Crippen molar-refractivity contribution in [3.05, 3.63) is 29.8 Å². The number of rotatable bonds is 5. The molecule has 8 nitrogen and oxygen atoms in total. The molecule has 0 saturated carbocycles. The van der Waals surface area contributed by atoms with Crippen molar-refractivity contribution in [3.63, 3.8) is 0 Å². The summed E-state index contributed by atoms with van der Waals surface area (Å²) < 4.78 is 7.61. The molecule has 0 unspecified atom stereocenters. The van der Waals surface area contributed by atoms with Crippen LogP contribution in [0.4, 0.5) is 5.69 Å². The van der Waals surface area contributed by atoms with Crippen LogP contribution in [-0.4, -0.2) is 63.1 Å². The van der Waals surface area contributed by atoms with Crippen LogP contribution in [0.1, 0.15) is 11.4 Å². The van der Waals surface area contributed by atoms with E-state index in [1.807, 2.05) is 30.8 Å². The first-order chi connectivity index (χ1) is 11.1. The fourth-order valence-corrected chi connectivity index (χ4v) is 2.77. The minimum atomic E-state index is -0.0302. The topological polar surface area (TPSA) is 88.1 Å². The number of hydrogen-bond donors (Lipinski definition) is 2. The van der Waals surface area contributed by atoms with Gasteiger partial charge in [-0.3, -0.25) is 19.5 Å². The van der Waals surface area contributed by atoms with Gasteiger partial charge in [-0.05, 0) is 19.9 Å². The molecule has 0 bridgehead atoms. The van der Waals surface area contributed by atoms with Gasteiger partial charge in [-0.25, -0.2) is 0 Å². The molecule has 1 aliphatic rings. The van der Waals surface area contributed by atoms with Crippen LogP contribution < -0.4 is 5.32 Å². The minimum Gasteiger partial charge on any atom is -0.374 e. The number of ether oxygens (including phenoxy) is 1. The molecule has 1 saturated heterocycles. The predicted molar refractivity (Wildman–Crippen MR) is 85.1 cm³/mol. The number of anilines is 1. The quantitative estimate of drug-likeness (QED) is 0.841. The van der Waals surface area contributed by atoms with Gasteiger partial charge in [-0.2, -0.15) is 10.2 Å². The molecule has 0 aromatic carbocycles. The highest BCUT2D eigenvalue weighted by molar-refractivity contribution is 5.93. The van der Waals surface area contributed by atoms with Crippen molar-refractivity contribution in [1.82, 2.24) is 24.9 Å². The Balaban J connectivity index is 1.52. The normalized spacial score (nSPS) is 19.0. The summed E-state index contributed by atoms with van der Waals surface area (Å²) in [7, 11) is 0. The van der Waals surface area contributed by atoms with Gasteiger partial charge in [0.15, 0.2) is 0 Å². The number of aromatic amines is 1. The zero-order chi connectivity index (χ0) is 16.2. The van der Waals surface area contributed by atoms with Crippen molar-refractivity contribution < 1.29 is 9.53 Å². The molecule has 0 spiro atoms. The van der Waals surface area contributed by atoms with Gasteiger partial charge in [0.1, 0.15) is 0 Å². The van der Waals surface area contributed by atoms with E-state index < -0.39 is 0 Å². The first kappa shape index (κ1) is 15.7. The van der Waals surface area contributed by atoms with Gasteiger partial charge in [0.05, 0.1) is 42.9 Å². The summed E-state index contributed by atoms with van der Waals surface area (Å²) in [5.41, 5.74) is 2.44. The number of hydrogen-bond acceptors (Lipinski definition) is 5. The van der Waals surface area contributed by atoms with Gasteiger partial charge < -0.3 is 10.1 Å². The maximum absolute atomic E-state index is 12.3. The third-order valence-electron chi connectivity index (χ3n) is 3.93. The van der Waals surface area contributed by atoms with Crippen LogP contribution in [0.2, 0.25) is 0 Å². The molecule has 2 N–H and O–H groups in total. The van der Waals surface area contributed by atoms with Crippen LogP contribution in [0.5, 0.6) is 0 Å². The third kappa shape index (κ3) is 3.96. The van der Waals surface area contributed by atoms with Crippen molar-refractivity contribution in [1.29, 1.82) is 0 Å². The summed E-state index contributed by atoms with van der Waals surface area (Å²) >= 11 is 0. The van der Waals surface area contributed by atoms with E-state index in [4.69, 9.17) is 4.74 Å². The average Bonchev–Trinajstić information content (AvgIpc) is 3.13. The molecule has 1 atom stereocenters. The number of amides is 1. The van der Waals surface area contributed by atoms with Crippen molar-refractivity contribution in [2.75, 3.05) is 31.6 Å². The van der Waals surface area contributed by atoms with E-state index in [0.717, 1.165) is 30.2 Å². The van der Waals surface area contributed by atoms with Gasteiger partial charge >= 0.3 is 0 Å². The largest absolute Gasteiger partial charge is 0.374 e. The number of nitrogens with zero attached hydrogens (tertiary/aromatic N) is 4. The second kappa shape index (κ2) is 6.93. The van der Waals surface area contributed by atoms with E-state index in [0.29, 0.717) is 19.7 Å². The molecular formula is C15H22N6O2. The Morgan fingerprint density at radius 3 is 3.09 bits per heavy atom.